The molecule has 0 saturated carbocycles. The summed E-state index contributed by atoms with van der Waals surface area (Å²) in [5, 5.41) is 31.9. The number of aromatic amines is 2. The van der Waals surface area contributed by atoms with Crippen molar-refractivity contribution < 1.29 is 28.7 Å². The third-order valence-corrected chi connectivity index (χ3v) is 13.5. The molecule has 79 heavy (non-hydrogen) atoms. The zero-order valence-electron chi connectivity index (χ0n) is 45.1. The first-order chi connectivity index (χ1) is 38.1. The molecule has 0 bridgehead atoms. The summed E-state index contributed by atoms with van der Waals surface area (Å²) in [4.78, 5) is 57.9. The fourth-order valence-corrected chi connectivity index (χ4v) is 9.46. The van der Waals surface area contributed by atoms with Gasteiger partial charge in [0.05, 0.1) is 0 Å². The molecule has 8 aromatic rings. The number of fused-ring (bicyclic) bond motifs is 2. The molecule has 6 heterocycles. The zero-order valence-corrected chi connectivity index (χ0v) is 45.8. The maximum Gasteiger partial charge on any atom is 0.255 e. The van der Waals surface area contributed by atoms with Crippen molar-refractivity contribution in [1.82, 2.24) is 40.6 Å². The molecule has 2 aliphatic heterocycles. The Bertz CT molecular complexity index is 3510. The van der Waals surface area contributed by atoms with Crippen LogP contribution in [0.4, 0.5) is 23.0 Å². The molecule has 10 rings (SSSR count). The molecule has 408 valence electrons. The van der Waals surface area contributed by atoms with Crippen molar-refractivity contribution in [2.75, 3.05) is 47.4 Å². The summed E-state index contributed by atoms with van der Waals surface area (Å²) >= 11 is 4.71. The van der Waals surface area contributed by atoms with Crippen molar-refractivity contribution in [2.24, 2.45) is 0 Å². The molecule has 4 aromatic carbocycles. The number of H-pyrrole nitrogens is 2. The van der Waals surface area contributed by atoms with Gasteiger partial charge in [-0.25, -0.2) is 9.97 Å². The monoisotopic (exact) mass is 1080 g/mol. The molecular formula is C60H65ClN12O6. The number of likely N-dealkylation sites (tertiary alicyclic amines) is 1. The number of aryl methyl sites for hydroxylation is 2. The number of hydrogen-bond acceptors (Lipinski definition) is 13. The lowest BCUT2D eigenvalue weighted by molar-refractivity contribution is -0.125. The standard InChI is InChI=1S/C30H32N6O3.C27H30N6O2.C3H3ClO/c1-5-26(37)36-14-12-22(17-36)32-29-27-25(11-13-31-28(27)34-35-29)39-23-8-6-7-20(16-23)30(38)33-21-9-10-24(18(2)3)19(4)15-21;1-16(2)22-8-7-19(13-17(22)3)31-27(34)18-5-4-6-21(14-18)35-23-10-12-29-25-24(23)26(33-32-25)30-20-9-11-28-15-20;1-2-3(4)5/h5-11,13,15-16,18,22H,1,12,14,17H2,2-4H3,(H,33,38)(H2,31,32,34,35);4-8,10,12-14,16,20,28H,9,11,15H2,1-3H3,(H,31,34)(H2,29,30,32,33);2H,1H2/t22-;20-;/m11./s1. The van der Waals surface area contributed by atoms with Gasteiger partial charge in [-0.2, -0.15) is 10.2 Å². The van der Waals surface area contributed by atoms with Gasteiger partial charge in [0.25, 0.3) is 11.8 Å². The molecule has 2 atom stereocenters. The van der Waals surface area contributed by atoms with E-state index in [-0.39, 0.29) is 23.8 Å². The first kappa shape index (κ1) is 56.3. The lowest BCUT2D eigenvalue weighted by atomic mass is 9.97. The molecule has 19 heteroatoms. The van der Waals surface area contributed by atoms with Crippen molar-refractivity contribution in [2.45, 2.75) is 78.3 Å². The zero-order chi connectivity index (χ0) is 56.2. The maximum absolute atomic E-state index is 13.0. The van der Waals surface area contributed by atoms with E-state index in [0.29, 0.717) is 93.4 Å². The minimum atomic E-state index is -0.509. The van der Waals surface area contributed by atoms with Crippen LogP contribution in [0.3, 0.4) is 0 Å². The Morgan fingerprint density at radius 1 is 0.671 bits per heavy atom. The molecule has 3 amide bonds. The van der Waals surface area contributed by atoms with E-state index in [1.807, 2.05) is 42.5 Å². The van der Waals surface area contributed by atoms with E-state index in [4.69, 9.17) is 21.1 Å². The van der Waals surface area contributed by atoms with E-state index in [1.165, 1.54) is 17.2 Å². The molecule has 2 aliphatic rings. The van der Waals surface area contributed by atoms with E-state index in [0.717, 1.165) is 59.9 Å². The van der Waals surface area contributed by atoms with Gasteiger partial charge in [0.2, 0.25) is 11.1 Å². The van der Waals surface area contributed by atoms with E-state index in [1.54, 1.807) is 59.8 Å². The van der Waals surface area contributed by atoms with E-state index in [2.05, 4.69) is 124 Å². The van der Waals surface area contributed by atoms with Crippen LogP contribution in [0.1, 0.15) is 95.3 Å². The van der Waals surface area contributed by atoms with Crippen LogP contribution in [0.25, 0.3) is 22.1 Å². The number of halogens is 1. The Labute approximate surface area is 463 Å². The molecule has 2 saturated heterocycles. The largest absolute Gasteiger partial charge is 0.456 e. The maximum atomic E-state index is 13.0. The minimum Gasteiger partial charge on any atom is -0.456 e. The first-order valence-corrected chi connectivity index (χ1v) is 26.5. The number of hydrogen-bond donors (Lipinski definition) is 7. The third-order valence-electron chi connectivity index (χ3n) is 13.4. The molecule has 7 N–H and O–H groups in total. The van der Waals surface area contributed by atoms with Gasteiger partial charge in [-0.3, -0.25) is 29.4 Å². The van der Waals surface area contributed by atoms with Gasteiger partial charge in [-0.1, -0.05) is 65.1 Å². The summed E-state index contributed by atoms with van der Waals surface area (Å²) in [5.41, 5.74) is 8.57. The molecule has 18 nitrogen and oxygen atoms in total. The number of allylic oxidation sites excluding steroid dienone is 1. The Morgan fingerprint density at radius 3 is 1.59 bits per heavy atom. The van der Waals surface area contributed by atoms with Crippen LogP contribution < -0.4 is 36.1 Å². The number of carbonyl (C=O) groups is 4. The van der Waals surface area contributed by atoms with E-state index in [9.17, 15) is 19.2 Å². The average molecular weight is 1090 g/mol. The highest BCUT2D eigenvalue weighted by molar-refractivity contribution is 6.66. The van der Waals surface area contributed by atoms with Crippen LogP contribution in [0.5, 0.6) is 23.0 Å². The van der Waals surface area contributed by atoms with Gasteiger partial charge in [0.15, 0.2) is 22.9 Å². The van der Waals surface area contributed by atoms with Gasteiger partial charge in [0.1, 0.15) is 33.8 Å². The van der Waals surface area contributed by atoms with Crippen LogP contribution in [-0.4, -0.2) is 96.5 Å². The summed E-state index contributed by atoms with van der Waals surface area (Å²) in [6.07, 6.45) is 7.51. The predicted octanol–water partition coefficient (Wildman–Crippen LogP) is 11.8. The number of rotatable bonds is 16. The summed E-state index contributed by atoms with van der Waals surface area (Å²) in [7, 11) is 0. The smallest absolute Gasteiger partial charge is 0.255 e. The minimum absolute atomic E-state index is 0.0405. The number of anilines is 4. The number of benzene rings is 4. The van der Waals surface area contributed by atoms with Crippen LogP contribution in [0, 0.1) is 13.8 Å². The second kappa shape index (κ2) is 26.0. The van der Waals surface area contributed by atoms with Gasteiger partial charge in [-0.15, -0.1) is 0 Å². The van der Waals surface area contributed by atoms with Crippen molar-refractivity contribution in [3.63, 3.8) is 0 Å². The number of ether oxygens (including phenoxy) is 2. The molecule has 0 aliphatic carbocycles. The highest BCUT2D eigenvalue weighted by Crippen LogP contribution is 2.36. The van der Waals surface area contributed by atoms with Crippen molar-refractivity contribution in [1.29, 1.82) is 0 Å². The average Bonchev–Trinajstić information content (AvgIpc) is 4.42. The summed E-state index contributed by atoms with van der Waals surface area (Å²) in [6, 6.07) is 30.1. The van der Waals surface area contributed by atoms with Crippen LogP contribution >= 0.6 is 11.6 Å². The Kier molecular flexibility index (Phi) is 18.5. The third kappa shape index (κ3) is 14.4. The van der Waals surface area contributed by atoms with Gasteiger partial charge in [0, 0.05) is 78.7 Å². The first-order valence-electron chi connectivity index (χ1n) is 26.1. The molecule has 0 radical (unpaired) electrons. The van der Waals surface area contributed by atoms with Crippen molar-refractivity contribution in [3.05, 3.63) is 168 Å². The van der Waals surface area contributed by atoms with Gasteiger partial charge in [-0.05, 0) is 152 Å². The molecule has 2 fully saturated rings. The highest BCUT2D eigenvalue weighted by atomic mass is 35.5. The number of carbonyl (C=O) groups excluding carboxylic acids is 4. The summed E-state index contributed by atoms with van der Waals surface area (Å²) < 4.78 is 12.5. The van der Waals surface area contributed by atoms with Crippen molar-refractivity contribution >= 4 is 79.6 Å². The number of pyridine rings is 2. The summed E-state index contributed by atoms with van der Waals surface area (Å²) in [6.45, 7) is 22.5. The highest BCUT2D eigenvalue weighted by Gasteiger charge is 2.27. The van der Waals surface area contributed by atoms with Gasteiger partial charge < -0.3 is 41.0 Å². The van der Waals surface area contributed by atoms with Crippen molar-refractivity contribution in [3.8, 4) is 23.0 Å². The Hall–Kier alpha value is -8.87. The Balaban J connectivity index is 0.000000193. The van der Waals surface area contributed by atoms with E-state index < -0.39 is 5.24 Å². The normalized spacial score (nSPS) is 14.7. The number of nitrogens with zero attached hydrogens (tertiary/aromatic N) is 5. The fraction of sp³-hybridized carbons (Fsp3) is 0.267. The van der Waals surface area contributed by atoms with Crippen LogP contribution in [0.15, 0.2) is 135 Å². The molecular weight excluding hydrogens is 1020 g/mol. The molecule has 0 unspecified atom stereocenters. The number of aromatic nitrogens is 6. The Morgan fingerprint density at radius 2 is 1.16 bits per heavy atom. The lowest BCUT2D eigenvalue weighted by Crippen LogP contribution is -2.30. The predicted molar refractivity (Wildman–Crippen MR) is 312 cm³/mol. The second-order valence-electron chi connectivity index (χ2n) is 19.8. The summed E-state index contributed by atoms with van der Waals surface area (Å²) in [5.74, 6) is 3.92. The SMILES string of the molecule is C=CC(=O)Cl.C=CC(=O)N1CC[C@@H](Nc2n[nH]c3nccc(Oc4cccc(C(=O)Nc5ccc(C(C)C)c(C)c5)c4)c23)C1.Cc1cc(NC(=O)c2cccc(Oc3ccnc4[nH]nc(N[C@@H]5CCNC5)c34)c2)ccc1C(C)C. The number of nitrogens with one attached hydrogen (secondary N) is 7. The fourth-order valence-electron chi connectivity index (χ4n) is 9.46. The second-order valence-corrected chi connectivity index (χ2v) is 20.2. The topological polar surface area (TPSA) is 233 Å². The van der Waals surface area contributed by atoms with Gasteiger partial charge >= 0.3 is 0 Å². The quantitative estimate of drug-likeness (QED) is 0.0353. The number of amides is 3. The molecule has 4 aromatic heterocycles. The molecule has 0 spiro atoms. The van der Waals surface area contributed by atoms with Crippen LogP contribution in [-0.2, 0) is 9.59 Å². The lowest BCUT2D eigenvalue weighted by Gasteiger charge is -2.15. The van der Waals surface area contributed by atoms with Crippen LogP contribution in [0.2, 0.25) is 0 Å². The van der Waals surface area contributed by atoms with E-state index >= 15 is 0 Å².